The van der Waals surface area contributed by atoms with E-state index in [2.05, 4.69) is 0 Å². The van der Waals surface area contributed by atoms with Crippen LogP contribution >= 0.6 is 22.9 Å². The van der Waals surface area contributed by atoms with E-state index in [0.717, 1.165) is 17.4 Å². The largest absolute Gasteiger partial charge is 0.485 e. The van der Waals surface area contributed by atoms with Crippen molar-refractivity contribution in [2.45, 2.75) is 6.18 Å². The van der Waals surface area contributed by atoms with Crippen LogP contribution in [0, 0.1) is 0 Å². The standard InChI is InChI=1S/C13H8ClF3O2S/c14-12-6-5-11(20-12)9(18)7-19-10-4-2-1-3-8(10)13(15,16)17/h1-6H,7H2. The molecule has 0 saturated heterocycles. The second-order valence-electron chi connectivity index (χ2n) is 3.81. The van der Waals surface area contributed by atoms with Crippen LogP contribution in [0.1, 0.15) is 15.2 Å². The van der Waals surface area contributed by atoms with Gasteiger partial charge in [-0.1, -0.05) is 23.7 Å². The number of rotatable bonds is 4. The van der Waals surface area contributed by atoms with Crippen LogP contribution in [0.25, 0.3) is 0 Å². The van der Waals surface area contributed by atoms with Gasteiger partial charge in [-0.05, 0) is 24.3 Å². The Labute approximate surface area is 121 Å². The number of carbonyl (C=O) groups is 1. The predicted octanol–water partition coefficient (Wildman–Crippen LogP) is 4.68. The lowest BCUT2D eigenvalue weighted by Crippen LogP contribution is -2.14. The lowest BCUT2D eigenvalue weighted by Gasteiger charge is -2.12. The Balaban J connectivity index is 2.10. The minimum Gasteiger partial charge on any atom is -0.485 e. The summed E-state index contributed by atoms with van der Waals surface area (Å²) in [6.07, 6.45) is -4.52. The minimum absolute atomic E-state index is 0.347. The molecule has 0 fully saturated rings. The number of para-hydroxylation sites is 1. The van der Waals surface area contributed by atoms with Gasteiger partial charge in [-0.3, -0.25) is 4.79 Å². The van der Waals surface area contributed by atoms with Crippen LogP contribution in [0.15, 0.2) is 36.4 Å². The van der Waals surface area contributed by atoms with Gasteiger partial charge in [-0.2, -0.15) is 13.2 Å². The zero-order valence-corrected chi connectivity index (χ0v) is 11.5. The molecule has 0 N–H and O–H groups in total. The van der Waals surface area contributed by atoms with E-state index in [0.29, 0.717) is 9.21 Å². The monoisotopic (exact) mass is 320 g/mol. The van der Waals surface area contributed by atoms with Crippen molar-refractivity contribution in [1.82, 2.24) is 0 Å². The van der Waals surface area contributed by atoms with Gasteiger partial charge >= 0.3 is 6.18 Å². The Morgan fingerprint density at radius 2 is 1.90 bits per heavy atom. The van der Waals surface area contributed by atoms with E-state index in [1.165, 1.54) is 24.3 Å². The molecule has 1 heterocycles. The van der Waals surface area contributed by atoms with Crippen LogP contribution in [-0.4, -0.2) is 12.4 Å². The molecule has 2 rings (SSSR count). The summed E-state index contributed by atoms with van der Waals surface area (Å²) >= 11 is 6.74. The fourth-order valence-corrected chi connectivity index (χ4v) is 2.47. The van der Waals surface area contributed by atoms with Crippen LogP contribution < -0.4 is 4.74 Å². The number of alkyl halides is 3. The Morgan fingerprint density at radius 3 is 2.50 bits per heavy atom. The molecule has 0 aliphatic heterocycles. The van der Waals surface area contributed by atoms with Gasteiger partial charge in [0.1, 0.15) is 5.75 Å². The highest BCUT2D eigenvalue weighted by molar-refractivity contribution is 7.18. The number of hydrogen-bond donors (Lipinski definition) is 0. The third-order valence-corrected chi connectivity index (χ3v) is 3.67. The molecule has 0 aliphatic rings. The first kappa shape index (κ1) is 14.9. The lowest BCUT2D eigenvalue weighted by atomic mass is 10.2. The van der Waals surface area contributed by atoms with E-state index in [4.69, 9.17) is 16.3 Å². The zero-order valence-electron chi connectivity index (χ0n) is 9.91. The molecule has 0 spiro atoms. The minimum atomic E-state index is -4.52. The molecule has 0 saturated carbocycles. The number of hydrogen-bond acceptors (Lipinski definition) is 3. The van der Waals surface area contributed by atoms with Gasteiger partial charge in [-0.15, -0.1) is 11.3 Å². The summed E-state index contributed by atoms with van der Waals surface area (Å²) in [5.41, 5.74) is -0.906. The van der Waals surface area contributed by atoms with Crippen molar-refractivity contribution in [1.29, 1.82) is 0 Å². The molecule has 2 aromatic rings. The number of halogens is 4. The lowest BCUT2D eigenvalue weighted by molar-refractivity contribution is -0.138. The van der Waals surface area contributed by atoms with Crippen LogP contribution in [0.2, 0.25) is 4.34 Å². The maximum Gasteiger partial charge on any atom is 0.419 e. The van der Waals surface area contributed by atoms with Crippen LogP contribution in [0.4, 0.5) is 13.2 Å². The third-order valence-electron chi connectivity index (χ3n) is 2.40. The molecule has 106 valence electrons. The maximum atomic E-state index is 12.7. The summed E-state index contributed by atoms with van der Waals surface area (Å²) in [5.74, 6) is -0.783. The average molecular weight is 321 g/mol. The summed E-state index contributed by atoms with van der Waals surface area (Å²) in [5, 5.41) is 0. The van der Waals surface area contributed by atoms with Gasteiger partial charge in [0.15, 0.2) is 6.61 Å². The molecule has 20 heavy (non-hydrogen) atoms. The number of carbonyl (C=O) groups excluding carboxylic acids is 1. The first-order valence-electron chi connectivity index (χ1n) is 5.45. The first-order chi connectivity index (χ1) is 9.38. The number of Topliss-reactive ketones (excluding diaryl/α,β-unsaturated/α-hetero) is 1. The maximum absolute atomic E-state index is 12.7. The summed E-state index contributed by atoms with van der Waals surface area (Å²) in [6, 6.07) is 7.81. The van der Waals surface area contributed by atoms with E-state index < -0.39 is 24.1 Å². The zero-order chi connectivity index (χ0) is 14.8. The Bertz CT molecular complexity index is 622. The molecule has 1 aromatic heterocycles. The van der Waals surface area contributed by atoms with E-state index in [9.17, 15) is 18.0 Å². The normalized spacial score (nSPS) is 11.4. The van der Waals surface area contributed by atoms with Gasteiger partial charge in [-0.25, -0.2) is 0 Å². The first-order valence-corrected chi connectivity index (χ1v) is 6.65. The Morgan fingerprint density at radius 1 is 1.20 bits per heavy atom. The van der Waals surface area contributed by atoms with Gasteiger partial charge in [0.25, 0.3) is 0 Å². The third kappa shape index (κ3) is 3.52. The highest BCUT2D eigenvalue weighted by Crippen LogP contribution is 2.36. The second kappa shape index (κ2) is 5.85. The van der Waals surface area contributed by atoms with Gasteiger partial charge in [0, 0.05) is 0 Å². The number of ether oxygens (including phenoxy) is 1. The van der Waals surface area contributed by atoms with Crippen molar-refractivity contribution < 1.29 is 22.7 Å². The smallest absolute Gasteiger partial charge is 0.419 e. The van der Waals surface area contributed by atoms with Crippen molar-refractivity contribution in [2.24, 2.45) is 0 Å². The van der Waals surface area contributed by atoms with Crippen molar-refractivity contribution in [3.63, 3.8) is 0 Å². The van der Waals surface area contributed by atoms with Gasteiger partial charge in [0.2, 0.25) is 5.78 Å². The molecule has 7 heteroatoms. The highest BCUT2D eigenvalue weighted by atomic mass is 35.5. The van der Waals surface area contributed by atoms with Crippen molar-refractivity contribution in [3.8, 4) is 5.75 Å². The molecule has 0 amide bonds. The fraction of sp³-hybridized carbons (Fsp3) is 0.154. The van der Waals surface area contributed by atoms with Crippen molar-refractivity contribution in [2.75, 3.05) is 6.61 Å². The molecule has 0 aliphatic carbocycles. The van der Waals surface area contributed by atoms with Gasteiger partial charge in [0.05, 0.1) is 14.8 Å². The number of benzene rings is 1. The second-order valence-corrected chi connectivity index (χ2v) is 5.52. The summed E-state index contributed by atoms with van der Waals surface area (Å²) in [7, 11) is 0. The SMILES string of the molecule is O=C(COc1ccccc1C(F)(F)F)c1ccc(Cl)s1. The summed E-state index contributed by atoms with van der Waals surface area (Å²) in [6.45, 7) is -0.468. The molecular weight excluding hydrogens is 313 g/mol. The number of thiophene rings is 1. The fourth-order valence-electron chi connectivity index (χ4n) is 1.51. The topological polar surface area (TPSA) is 26.3 Å². The molecule has 0 bridgehead atoms. The van der Waals surface area contributed by atoms with E-state index in [1.807, 2.05) is 0 Å². The van der Waals surface area contributed by atoms with E-state index >= 15 is 0 Å². The Hall–Kier alpha value is -1.53. The van der Waals surface area contributed by atoms with E-state index in [-0.39, 0.29) is 5.75 Å². The van der Waals surface area contributed by atoms with Crippen LogP contribution in [-0.2, 0) is 6.18 Å². The predicted molar refractivity (Wildman–Crippen MR) is 70.6 cm³/mol. The molecular formula is C13H8ClF3O2S. The van der Waals surface area contributed by atoms with Gasteiger partial charge < -0.3 is 4.74 Å². The molecule has 1 aromatic carbocycles. The molecule has 0 radical (unpaired) electrons. The number of ketones is 1. The van der Waals surface area contributed by atoms with E-state index in [1.54, 1.807) is 6.07 Å². The van der Waals surface area contributed by atoms with Crippen molar-refractivity contribution >= 4 is 28.7 Å². The van der Waals surface area contributed by atoms with Crippen molar-refractivity contribution in [3.05, 3.63) is 51.2 Å². The highest BCUT2D eigenvalue weighted by Gasteiger charge is 2.34. The molecule has 0 atom stereocenters. The Kier molecular flexibility index (Phi) is 4.35. The van der Waals surface area contributed by atoms with Crippen LogP contribution in [0.3, 0.4) is 0 Å². The van der Waals surface area contributed by atoms with Crippen LogP contribution in [0.5, 0.6) is 5.75 Å². The summed E-state index contributed by atoms with van der Waals surface area (Å²) in [4.78, 5) is 12.1. The average Bonchev–Trinajstić information content (AvgIpc) is 2.82. The molecule has 2 nitrogen and oxygen atoms in total. The quantitative estimate of drug-likeness (QED) is 0.764. The molecule has 0 unspecified atom stereocenters. The summed E-state index contributed by atoms with van der Waals surface area (Å²) < 4.78 is 43.6.